The highest BCUT2D eigenvalue weighted by atomic mass is 32.1. The van der Waals surface area contributed by atoms with Gasteiger partial charge in [-0.2, -0.15) is 0 Å². The minimum Gasteiger partial charge on any atom is -0.493 e. The number of carbonyl (C=O) groups excluding carboxylic acids is 2. The van der Waals surface area contributed by atoms with Crippen molar-refractivity contribution in [3.8, 4) is 11.5 Å². The fourth-order valence-electron chi connectivity index (χ4n) is 2.06. The van der Waals surface area contributed by atoms with Crippen LogP contribution in [0, 0.1) is 0 Å². The van der Waals surface area contributed by atoms with Gasteiger partial charge in [0.05, 0.1) is 20.6 Å². The molecule has 0 amide bonds. The van der Waals surface area contributed by atoms with E-state index in [1.807, 2.05) is 0 Å². The van der Waals surface area contributed by atoms with Gasteiger partial charge >= 0.3 is 0 Å². The van der Waals surface area contributed by atoms with E-state index in [4.69, 9.17) is 9.47 Å². The molecule has 22 heavy (non-hydrogen) atoms. The van der Waals surface area contributed by atoms with Crippen LogP contribution in [0.4, 0.5) is 0 Å². The third-order valence-corrected chi connectivity index (χ3v) is 3.62. The Morgan fingerprint density at radius 1 is 0.955 bits per heavy atom. The van der Waals surface area contributed by atoms with E-state index in [9.17, 15) is 9.59 Å². The maximum Gasteiger partial charge on any atom is 0.171 e. The number of carbonyl (C=O) groups is 2. The Balaban J connectivity index is 2.19. The van der Waals surface area contributed by atoms with Gasteiger partial charge in [-0.15, -0.1) is 12.6 Å². The number of hydrogen-bond donors (Lipinski definition) is 1. The van der Waals surface area contributed by atoms with Gasteiger partial charge < -0.3 is 9.47 Å². The van der Waals surface area contributed by atoms with E-state index >= 15 is 0 Å². The highest BCUT2D eigenvalue weighted by molar-refractivity contribution is 7.80. The van der Waals surface area contributed by atoms with Crippen molar-refractivity contribution in [2.45, 2.75) is 11.3 Å². The molecule has 0 spiro atoms. The van der Waals surface area contributed by atoms with Crippen molar-refractivity contribution in [2.24, 2.45) is 0 Å². The van der Waals surface area contributed by atoms with Crippen LogP contribution in [0.5, 0.6) is 11.5 Å². The summed E-state index contributed by atoms with van der Waals surface area (Å²) in [6.45, 7) is 0. The smallest absolute Gasteiger partial charge is 0.171 e. The Hall–Kier alpha value is -2.27. The second-order valence-corrected chi connectivity index (χ2v) is 5.09. The van der Waals surface area contributed by atoms with Gasteiger partial charge in [-0.1, -0.05) is 18.2 Å². The molecule has 0 saturated carbocycles. The predicted molar refractivity (Wildman–Crippen MR) is 86.5 cm³/mol. The summed E-state index contributed by atoms with van der Waals surface area (Å²) >= 11 is 4.24. The molecule has 0 aromatic heterocycles. The van der Waals surface area contributed by atoms with Gasteiger partial charge in [0.1, 0.15) is 0 Å². The molecular weight excluding hydrogens is 300 g/mol. The molecule has 2 aromatic rings. The largest absolute Gasteiger partial charge is 0.493 e. The Labute approximate surface area is 134 Å². The second-order valence-electron chi connectivity index (χ2n) is 4.61. The van der Waals surface area contributed by atoms with E-state index in [1.54, 1.807) is 42.5 Å². The molecule has 0 aliphatic heterocycles. The maximum atomic E-state index is 12.3. The van der Waals surface area contributed by atoms with Crippen molar-refractivity contribution in [2.75, 3.05) is 14.2 Å². The van der Waals surface area contributed by atoms with E-state index in [-0.39, 0.29) is 18.0 Å². The SMILES string of the molecule is COc1ccc(C(=O)CC(=O)c2ccccc2S)cc1OC. The Bertz CT molecular complexity index is 710. The first kappa shape index (κ1) is 16.1. The van der Waals surface area contributed by atoms with Crippen LogP contribution < -0.4 is 9.47 Å². The summed E-state index contributed by atoms with van der Waals surface area (Å²) in [7, 11) is 3.01. The van der Waals surface area contributed by atoms with Gasteiger partial charge in [-0.25, -0.2) is 0 Å². The first-order chi connectivity index (χ1) is 10.6. The minimum atomic E-state index is -0.275. The van der Waals surface area contributed by atoms with E-state index in [0.717, 1.165) is 0 Å². The third-order valence-electron chi connectivity index (χ3n) is 3.23. The lowest BCUT2D eigenvalue weighted by Crippen LogP contribution is -2.09. The van der Waals surface area contributed by atoms with Crippen LogP contribution in [0.2, 0.25) is 0 Å². The van der Waals surface area contributed by atoms with Crippen molar-refractivity contribution in [3.63, 3.8) is 0 Å². The summed E-state index contributed by atoms with van der Waals surface area (Å²) in [5.74, 6) is 0.453. The lowest BCUT2D eigenvalue weighted by atomic mass is 10.0. The minimum absolute atomic E-state index is 0.215. The number of ketones is 2. The first-order valence-electron chi connectivity index (χ1n) is 6.63. The van der Waals surface area contributed by atoms with Gasteiger partial charge in [0.25, 0.3) is 0 Å². The van der Waals surface area contributed by atoms with Gasteiger partial charge in [-0.3, -0.25) is 9.59 Å². The molecule has 0 heterocycles. The Morgan fingerprint density at radius 3 is 2.27 bits per heavy atom. The fraction of sp³-hybridized carbons (Fsp3) is 0.176. The molecule has 0 atom stereocenters. The zero-order chi connectivity index (χ0) is 16.1. The van der Waals surface area contributed by atoms with E-state index in [2.05, 4.69) is 12.6 Å². The zero-order valence-corrected chi connectivity index (χ0v) is 13.2. The Kier molecular flexibility index (Phi) is 5.22. The molecule has 0 saturated heterocycles. The van der Waals surface area contributed by atoms with Crippen LogP contribution in [0.15, 0.2) is 47.4 Å². The van der Waals surface area contributed by atoms with Crippen molar-refractivity contribution in [1.29, 1.82) is 0 Å². The molecule has 0 bridgehead atoms. The van der Waals surface area contributed by atoms with Crippen molar-refractivity contribution >= 4 is 24.2 Å². The lowest BCUT2D eigenvalue weighted by Gasteiger charge is -2.09. The van der Waals surface area contributed by atoms with Crippen molar-refractivity contribution in [3.05, 3.63) is 53.6 Å². The second kappa shape index (κ2) is 7.13. The monoisotopic (exact) mass is 316 g/mol. The molecule has 0 aliphatic rings. The van der Waals surface area contributed by atoms with Gasteiger partial charge in [0.15, 0.2) is 23.1 Å². The highest BCUT2D eigenvalue weighted by Crippen LogP contribution is 2.28. The van der Waals surface area contributed by atoms with Crippen LogP contribution >= 0.6 is 12.6 Å². The predicted octanol–water partition coefficient (Wildman–Crippen LogP) is 3.45. The molecule has 0 unspecified atom stereocenters. The highest BCUT2D eigenvalue weighted by Gasteiger charge is 2.17. The average molecular weight is 316 g/mol. The van der Waals surface area contributed by atoms with Crippen LogP contribution in [0.3, 0.4) is 0 Å². The van der Waals surface area contributed by atoms with Gasteiger partial charge in [0, 0.05) is 16.0 Å². The number of rotatable bonds is 6. The molecule has 114 valence electrons. The zero-order valence-electron chi connectivity index (χ0n) is 12.3. The molecular formula is C17H16O4S. The lowest BCUT2D eigenvalue weighted by molar-refractivity contribution is 0.0892. The Morgan fingerprint density at radius 2 is 1.64 bits per heavy atom. The fourth-order valence-corrected chi connectivity index (χ4v) is 2.35. The number of ether oxygens (including phenoxy) is 2. The van der Waals surface area contributed by atoms with Crippen LogP contribution in [-0.4, -0.2) is 25.8 Å². The molecule has 2 rings (SSSR count). The van der Waals surface area contributed by atoms with Gasteiger partial charge in [0.2, 0.25) is 0 Å². The average Bonchev–Trinajstić information content (AvgIpc) is 2.54. The molecule has 5 heteroatoms. The van der Waals surface area contributed by atoms with E-state index in [0.29, 0.717) is 27.5 Å². The van der Waals surface area contributed by atoms with Crippen molar-refractivity contribution in [1.82, 2.24) is 0 Å². The van der Waals surface area contributed by atoms with Crippen molar-refractivity contribution < 1.29 is 19.1 Å². The first-order valence-corrected chi connectivity index (χ1v) is 7.08. The van der Waals surface area contributed by atoms with Crippen LogP contribution in [0.25, 0.3) is 0 Å². The summed E-state index contributed by atoms with van der Waals surface area (Å²) in [6.07, 6.45) is -0.215. The number of benzene rings is 2. The van der Waals surface area contributed by atoms with Crippen LogP contribution in [0.1, 0.15) is 27.1 Å². The summed E-state index contributed by atoms with van der Waals surface area (Å²) < 4.78 is 10.3. The molecule has 2 aromatic carbocycles. The van der Waals surface area contributed by atoms with E-state index < -0.39 is 0 Å². The topological polar surface area (TPSA) is 52.6 Å². The van der Waals surface area contributed by atoms with Gasteiger partial charge in [-0.05, 0) is 24.3 Å². The summed E-state index contributed by atoms with van der Waals surface area (Å²) in [5, 5.41) is 0. The molecule has 0 fully saturated rings. The summed E-state index contributed by atoms with van der Waals surface area (Å²) in [4.78, 5) is 25.0. The normalized spacial score (nSPS) is 10.1. The third kappa shape index (κ3) is 3.49. The number of methoxy groups -OCH3 is 2. The summed E-state index contributed by atoms with van der Waals surface area (Å²) in [5.41, 5.74) is 0.849. The molecule has 0 aliphatic carbocycles. The standard InChI is InChI=1S/C17H16O4S/c1-20-15-8-7-11(9-16(15)21-2)13(18)10-14(19)12-5-3-4-6-17(12)22/h3-9,22H,10H2,1-2H3. The maximum absolute atomic E-state index is 12.3. The quantitative estimate of drug-likeness (QED) is 0.504. The number of Topliss-reactive ketones (excluding diaryl/α,β-unsaturated/α-hetero) is 2. The number of thiol groups is 1. The number of hydrogen-bond acceptors (Lipinski definition) is 5. The molecule has 0 N–H and O–H groups in total. The molecule has 4 nitrogen and oxygen atoms in total. The van der Waals surface area contributed by atoms with E-state index in [1.165, 1.54) is 14.2 Å². The molecule has 0 radical (unpaired) electrons. The van der Waals surface area contributed by atoms with Crippen LogP contribution in [-0.2, 0) is 0 Å². The summed E-state index contributed by atoms with van der Waals surface area (Å²) in [6, 6.07) is 11.7.